The number of hydrogen-bond donors (Lipinski definition) is 7. The van der Waals surface area contributed by atoms with E-state index >= 15 is 0 Å². The molecule has 32 heavy (non-hydrogen) atoms. The zero-order valence-electron chi connectivity index (χ0n) is 18.4. The lowest BCUT2D eigenvalue weighted by molar-refractivity contribution is -0.142. The fourth-order valence-corrected chi connectivity index (χ4v) is 3.03. The molecule has 1 aromatic carbocycles. The van der Waals surface area contributed by atoms with E-state index in [2.05, 4.69) is 28.6 Å². The van der Waals surface area contributed by atoms with Crippen LogP contribution in [0, 0.1) is 5.92 Å². The van der Waals surface area contributed by atoms with Crippen molar-refractivity contribution in [3.05, 3.63) is 29.8 Å². The number of thiol groups is 1. The Morgan fingerprint density at radius 2 is 1.53 bits per heavy atom. The van der Waals surface area contributed by atoms with Crippen LogP contribution in [0.1, 0.15) is 32.8 Å². The molecule has 5 atom stereocenters. The molecule has 0 saturated carbocycles. The van der Waals surface area contributed by atoms with E-state index in [0.29, 0.717) is 12.0 Å². The van der Waals surface area contributed by atoms with Crippen molar-refractivity contribution in [3.63, 3.8) is 0 Å². The zero-order chi connectivity index (χ0) is 24.4. The third-order valence-corrected chi connectivity index (χ3v) is 5.38. The first-order valence-corrected chi connectivity index (χ1v) is 10.9. The Morgan fingerprint density at radius 1 is 0.969 bits per heavy atom. The van der Waals surface area contributed by atoms with E-state index in [9.17, 15) is 29.4 Å². The Balaban J connectivity index is 3.09. The van der Waals surface area contributed by atoms with Gasteiger partial charge >= 0.3 is 5.97 Å². The largest absolute Gasteiger partial charge is 0.508 e. The number of carboxylic acids is 1. The summed E-state index contributed by atoms with van der Waals surface area (Å²) in [5.74, 6) is -3.43. The lowest BCUT2D eigenvalue weighted by atomic mass is 9.96. The van der Waals surface area contributed by atoms with Crippen LogP contribution in [0.25, 0.3) is 0 Å². The second-order valence-corrected chi connectivity index (χ2v) is 8.04. The predicted molar refractivity (Wildman–Crippen MR) is 122 cm³/mol. The number of nitrogens with one attached hydrogen (secondary N) is 3. The fourth-order valence-electron chi connectivity index (χ4n) is 2.78. The molecule has 0 aliphatic heterocycles. The van der Waals surface area contributed by atoms with Gasteiger partial charge in [-0.05, 0) is 30.5 Å². The molecule has 11 heteroatoms. The number of amides is 3. The van der Waals surface area contributed by atoms with Crippen molar-refractivity contribution >= 4 is 36.3 Å². The average Bonchev–Trinajstić information content (AvgIpc) is 2.75. The molecule has 0 aliphatic carbocycles. The number of benzene rings is 1. The number of rotatable bonds is 12. The van der Waals surface area contributed by atoms with Crippen LogP contribution in [-0.4, -0.2) is 63.8 Å². The van der Waals surface area contributed by atoms with Gasteiger partial charge in [0.05, 0.1) is 6.04 Å². The highest BCUT2D eigenvalue weighted by Crippen LogP contribution is 2.13. The topological polar surface area (TPSA) is 171 Å². The van der Waals surface area contributed by atoms with Crippen molar-refractivity contribution in [2.45, 2.75) is 57.8 Å². The molecule has 5 unspecified atom stereocenters. The first kappa shape index (κ1) is 27.2. The second kappa shape index (κ2) is 12.9. The molecule has 0 bridgehead atoms. The molecule has 0 aromatic heterocycles. The summed E-state index contributed by atoms with van der Waals surface area (Å²) in [4.78, 5) is 49.2. The number of carbonyl (C=O) groups is 4. The number of carbonyl (C=O) groups excluding carboxylic acids is 3. The van der Waals surface area contributed by atoms with E-state index < -0.39 is 47.9 Å². The summed E-state index contributed by atoms with van der Waals surface area (Å²) in [5.41, 5.74) is 6.28. The molecule has 7 N–H and O–H groups in total. The molecule has 0 heterocycles. The smallest absolute Gasteiger partial charge is 0.327 e. The van der Waals surface area contributed by atoms with E-state index in [0.717, 1.165) is 0 Å². The van der Waals surface area contributed by atoms with Crippen LogP contribution in [0.3, 0.4) is 0 Å². The summed E-state index contributed by atoms with van der Waals surface area (Å²) in [6.45, 7) is 5.05. The SMILES string of the molecule is CCC(C)C(NC(=O)C(Cc1ccc(O)cc1)NC(=O)C(C)N)C(=O)NC(CS)C(=O)O. The molecular formula is C21H32N4O6S. The Labute approximate surface area is 192 Å². The van der Waals surface area contributed by atoms with Gasteiger partial charge in [-0.2, -0.15) is 12.6 Å². The van der Waals surface area contributed by atoms with E-state index in [4.69, 9.17) is 5.73 Å². The van der Waals surface area contributed by atoms with Crippen molar-refractivity contribution in [3.8, 4) is 5.75 Å². The van der Waals surface area contributed by atoms with Gasteiger partial charge in [0.15, 0.2) is 0 Å². The number of aliphatic carboxylic acids is 1. The van der Waals surface area contributed by atoms with E-state index in [1.807, 2.05) is 6.92 Å². The Morgan fingerprint density at radius 3 is 2.00 bits per heavy atom. The maximum Gasteiger partial charge on any atom is 0.327 e. The standard InChI is InChI=1S/C21H32N4O6S/c1-4-11(2)17(20(29)24-16(10-32)21(30)31)25-19(28)15(23-18(27)12(3)22)9-13-5-7-14(26)8-6-13/h5-8,11-12,15-17,26,32H,4,9-10,22H2,1-3H3,(H,23,27)(H,24,29)(H,25,28)(H,30,31). The number of hydrogen-bond acceptors (Lipinski definition) is 7. The summed E-state index contributed by atoms with van der Waals surface area (Å²) in [6.07, 6.45) is 0.625. The van der Waals surface area contributed by atoms with Gasteiger partial charge in [0.1, 0.15) is 23.9 Å². The highest BCUT2D eigenvalue weighted by molar-refractivity contribution is 7.80. The molecule has 0 radical (unpaired) electrons. The van der Waals surface area contributed by atoms with Gasteiger partial charge in [-0.1, -0.05) is 32.4 Å². The molecule has 10 nitrogen and oxygen atoms in total. The van der Waals surface area contributed by atoms with E-state index in [1.165, 1.54) is 19.1 Å². The maximum atomic E-state index is 13.1. The monoisotopic (exact) mass is 468 g/mol. The lowest BCUT2D eigenvalue weighted by Crippen LogP contribution is -2.59. The van der Waals surface area contributed by atoms with Crippen molar-refractivity contribution < 1.29 is 29.4 Å². The maximum absolute atomic E-state index is 13.1. The third-order valence-electron chi connectivity index (χ3n) is 5.01. The first-order chi connectivity index (χ1) is 15.0. The Hall–Kier alpha value is -2.79. The molecule has 1 aromatic rings. The van der Waals surface area contributed by atoms with Crippen LogP contribution in [-0.2, 0) is 25.6 Å². The van der Waals surface area contributed by atoms with Crippen molar-refractivity contribution in [1.82, 2.24) is 16.0 Å². The molecule has 0 spiro atoms. The predicted octanol–water partition coefficient (Wildman–Crippen LogP) is -0.203. The summed E-state index contributed by atoms with van der Waals surface area (Å²) in [5, 5.41) is 26.2. The van der Waals surface area contributed by atoms with E-state index in [1.54, 1.807) is 19.1 Å². The lowest BCUT2D eigenvalue weighted by Gasteiger charge is -2.28. The van der Waals surface area contributed by atoms with Crippen LogP contribution in [0.5, 0.6) is 5.75 Å². The normalized spacial score (nSPS) is 15.5. The molecule has 1 rings (SSSR count). The van der Waals surface area contributed by atoms with Crippen molar-refractivity contribution in [1.29, 1.82) is 0 Å². The number of nitrogens with two attached hydrogens (primary N) is 1. The number of aromatic hydroxyl groups is 1. The molecule has 0 aliphatic rings. The highest BCUT2D eigenvalue weighted by atomic mass is 32.1. The number of phenols is 1. The van der Waals surface area contributed by atoms with Gasteiger partial charge in [-0.15, -0.1) is 0 Å². The summed E-state index contributed by atoms with van der Waals surface area (Å²) >= 11 is 3.93. The summed E-state index contributed by atoms with van der Waals surface area (Å²) in [6, 6.07) is 1.99. The molecule has 178 valence electrons. The van der Waals surface area contributed by atoms with Gasteiger partial charge < -0.3 is 31.9 Å². The van der Waals surface area contributed by atoms with Crippen LogP contribution in [0.4, 0.5) is 0 Å². The Kier molecular flexibility index (Phi) is 11.0. The zero-order valence-corrected chi connectivity index (χ0v) is 19.3. The minimum Gasteiger partial charge on any atom is -0.508 e. The van der Waals surface area contributed by atoms with Gasteiger partial charge in [-0.3, -0.25) is 14.4 Å². The molecular weight excluding hydrogens is 436 g/mol. The van der Waals surface area contributed by atoms with E-state index in [-0.39, 0.29) is 23.8 Å². The van der Waals surface area contributed by atoms with Gasteiger partial charge in [0.2, 0.25) is 17.7 Å². The second-order valence-electron chi connectivity index (χ2n) is 7.67. The first-order valence-electron chi connectivity index (χ1n) is 10.3. The van der Waals surface area contributed by atoms with Crippen LogP contribution >= 0.6 is 12.6 Å². The minimum atomic E-state index is -1.24. The number of carboxylic acid groups (broad SMARTS) is 1. The van der Waals surface area contributed by atoms with Crippen LogP contribution in [0.2, 0.25) is 0 Å². The summed E-state index contributed by atoms with van der Waals surface area (Å²) < 4.78 is 0. The Bertz CT molecular complexity index is 802. The summed E-state index contributed by atoms with van der Waals surface area (Å²) in [7, 11) is 0. The van der Waals surface area contributed by atoms with Crippen molar-refractivity contribution in [2.75, 3.05) is 5.75 Å². The van der Waals surface area contributed by atoms with Gasteiger partial charge in [0, 0.05) is 12.2 Å². The fraction of sp³-hybridized carbons (Fsp3) is 0.524. The van der Waals surface area contributed by atoms with Gasteiger partial charge in [-0.25, -0.2) is 4.79 Å². The number of phenolic OH excluding ortho intramolecular Hbond substituents is 1. The average molecular weight is 469 g/mol. The quantitative estimate of drug-likeness (QED) is 0.208. The van der Waals surface area contributed by atoms with Crippen LogP contribution < -0.4 is 21.7 Å². The third kappa shape index (κ3) is 8.39. The van der Waals surface area contributed by atoms with Crippen molar-refractivity contribution in [2.24, 2.45) is 11.7 Å². The highest BCUT2D eigenvalue weighted by Gasteiger charge is 2.32. The molecule has 0 saturated heterocycles. The van der Waals surface area contributed by atoms with Crippen LogP contribution in [0.15, 0.2) is 24.3 Å². The molecule has 3 amide bonds. The molecule has 0 fully saturated rings. The minimum absolute atomic E-state index is 0.0556. The van der Waals surface area contributed by atoms with Gasteiger partial charge in [0.25, 0.3) is 0 Å².